The van der Waals surface area contributed by atoms with Crippen LogP contribution in [0.2, 0.25) is 5.28 Å². The minimum absolute atomic E-state index is 0.0149. The Bertz CT molecular complexity index is 732. The monoisotopic (exact) mass is 349 g/mol. The Hall–Kier alpha value is -2.41. The minimum atomic E-state index is -0.566. The third kappa shape index (κ3) is 3.73. The van der Waals surface area contributed by atoms with Crippen molar-refractivity contribution in [3.63, 3.8) is 0 Å². The van der Waals surface area contributed by atoms with E-state index in [0.717, 1.165) is 38.1 Å². The van der Waals surface area contributed by atoms with Gasteiger partial charge in [0.15, 0.2) is 11.6 Å². The molecule has 1 aliphatic heterocycles. The second-order valence-corrected chi connectivity index (χ2v) is 5.84. The molecule has 1 saturated heterocycles. The third-order valence-corrected chi connectivity index (χ3v) is 4.12. The fourth-order valence-electron chi connectivity index (χ4n) is 2.61. The number of carbonyl (C=O) groups is 1. The molecule has 1 aliphatic rings. The molecule has 0 aliphatic carbocycles. The molecule has 1 aromatic carbocycles. The summed E-state index contributed by atoms with van der Waals surface area (Å²) in [6.45, 7) is 4.62. The lowest BCUT2D eigenvalue weighted by molar-refractivity contribution is -0.129. The van der Waals surface area contributed by atoms with E-state index in [1.807, 2.05) is 29.2 Å². The summed E-state index contributed by atoms with van der Waals surface area (Å²) >= 11 is 5.68. The van der Waals surface area contributed by atoms with Gasteiger partial charge in [-0.1, -0.05) is 0 Å². The quantitative estimate of drug-likeness (QED) is 0.863. The van der Waals surface area contributed by atoms with Crippen LogP contribution in [-0.4, -0.2) is 47.0 Å². The Balaban J connectivity index is 1.66. The smallest absolute Gasteiger partial charge is 0.224 e. The number of piperazine rings is 1. The number of anilines is 3. The molecule has 3 rings (SSSR count). The third-order valence-electron chi connectivity index (χ3n) is 3.93. The first-order valence-corrected chi connectivity index (χ1v) is 7.96. The average molecular weight is 350 g/mol. The number of hydrogen-bond donors (Lipinski definition) is 1. The zero-order valence-corrected chi connectivity index (χ0v) is 13.9. The molecule has 0 radical (unpaired) electrons. The zero-order valence-electron chi connectivity index (χ0n) is 13.2. The van der Waals surface area contributed by atoms with Crippen molar-refractivity contribution in [2.75, 3.05) is 36.4 Å². The lowest BCUT2D eigenvalue weighted by Gasteiger charge is -2.35. The van der Waals surface area contributed by atoms with Crippen molar-refractivity contribution in [3.8, 4) is 0 Å². The van der Waals surface area contributed by atoms with E-state index in [4.69, 9.17) is 11.6 Å². The molecule has 0 spiro atoms. The van der Waals surface area contributed by atoms with Crippen LogP contribution in [0.15, 0.2) is 30.5 Å². The van der Waals surface area contributed by atoms with Crippen LogP contribution in [0, 0.1) is 5.82 Å². The number of aromatic nitrogens is 2. The lowest BCUT2D eigenvalue weighted by Crippen LogP contribution is -2.48. The predicted molar refractivity (Wildman–Crippen MR) is 91.2 cm³/mol. The predicted octanol–water partition coefficient (Wildman–Crippen LogP) is 2.68. The SMILES string of the molecule is CC(=O)N1CCN(c2ccc(Nc3nc(Cl)ncc3F)cc2)CC1. The number of hydrogen-bond acceptors (Lipinski definition) is 5. The van der Waals surface area contributed by atoms with Crippen LogP contribution < -0.4 is 10.2 Å². The Kier molecular flexibility index (Phi) is 4.80. The van der Waals surface area contributed by atoms with Crippen LogP contribution in [0.1, 0.15) is 6.92 Å². The fraction of sp³-hybridized carbons (Fsp3) is 0.312. The molecule has 1 N–H and O–H groups in total. The van der Waals surface area contributed by atoms with Crippen molar-refractivity contribution in [2.45, 2.75) is 6.92 Å². The number of nitrogens with zero attached hydrogens (tertiary/aromatic N) is 4. The van der Waals surface area contributed by atoms with Gasteiger partial charge in [0.1, 0.15) is 0 Å². The van der Waals surface area contributed by atoms with E-state index in [1.165, 1.54) is 0 Å². The molecular weight excluding hydrogens is 333 g/mol. The molecule has 0 saturated carbocycles. The van der Waals surface area contributed by atoms with Gasteiger partial charge < -0.3 is 15.1 Å². The molecular formula is C16H17ClFN5O. The molecule has 2 aromatic rings. The standard InChI is InChI=1S/C16H17ClFN5O/c1-11(24)22-6-8-23(9-7-22)13-4-2-12(3-5-13)20-15-14(18)10-19-16(17)21-15/h2-5,10H,6-9H2,1H3,(H,19,20,21). The van der Waals surface area contributed by atoms with Crippen LogP contribution in [0.3, 0.4) is 0 Å². The number of rotatable bonds is 3. The van der Waals surface area contributed by atoms with Gasteiger partial charge in [0.05, 0.1) is 6.20 Å². The first-order chi connectivity index (χ1) is 11.5. The highest BCUT2D eigenvalue weighted by molar-refractivity contribution is 6.28. The highest BCUT2D eigenvalue weighted by Crippen LogP contribution is 2.23. The normalized spacial score (nSPS) is 14.6. The van der Waals surface area contributed by atoms with Crippen molar-refractivity contribution >= 4 is 34.7 Å². The number of halogens is 2. The average Bonchev–Trinajstić information content (AvgIpc) is 2.59. The molecule has 1 aromatic heterocycles. The summed E-state index contributed by atoms with van der Waals surface area (Å²) in [5.41, 5.74) is 1.76. The molecule has 0 bridgehead atoms. The molecule has 1 fully saturated rings. The van der Waals surface area contributed by atoms with Gasteiger partial charge in [-0.05, 0) is 35.9 Å². The largest absolute Gasteiger partial charge is 0.368 e. The van der Waals surface area contributed by atoms with Gasteiger partial charge in [0.25, 0.3) is 0 Å². The summed E-state index contributed by atoms with van der Waals surface area (Å²) in [5, 5.41) is 2.87. The molecule has 24 heavy (non-hydrogen) atoms. The highest BCUT2D eigenvalue weighted by Gasteiger charge is 2.18. The van der Waals surface area contributed by atoms with Crippen LogP contribution >= 0.6 is 11.6 Å². The molecule has 2 heterocycles. The molecule has 8 heteroatoms. The number of nitrogens with one attached hydrogen (secondary N) is 1. The summed E-state index contributed by atoms with van der Waals surface area (Å²) < 4.78 is 13.6. The van der Waals surface area contributed by atoms with Crippen molar-refractivity contribution in [1.82, 2.24) is 14.9 Å². The Labute approximate surface area is 144 Å². The summed E-state index contributed by atoms with van der Waals surface area (Å²) in [7, 11) is 0. The molecule has 126 valence electrons. The van der Waals surface area contributed by atoms with Crippen LogP contribution in [0.25, 0.3) is 0 Å². The zero-order chi connectivity index (χ0) is 17.1. The summed E-state index contributed by atoms with van der Waals surface area (Å²) in [4.78, 5) is 22.8. The fourth-order valence-corrected chi connectivity index (χ4v) is 2.74. The van der Waals surface area contributed by atoms with Gasteiger partial charge in [-0.25, -0.2) is 9.37 Å². The summed E-state index contributed by atoms with van der Waals surface area (Å²) in [5.74, 6) is -0.415. The lowest BCUT2D eigenvalue weighted by atomic mass is 10.2. The van der Waals surface area contributed by atoms with Crippen LogP contribution in [0.4, 0.5) is 21.6 Å². The minimum Gasteiger partial charge on any atom is -0.368 e. The van der Waals surface area contributed by atoms with Gasteiger partial charge in [-0.2, -0.15) is 4.98 Å². The number of benzene rings is 1. The van der Waals surface area contributed by atoms with Crippen molar-refractivity contribution < 1.29 is 9.18 Å². The van der Waals surface area contributed by atoms with Crippen molar-refractivity contribution in [3.05, 3.63) is 41.6 Å². The molecule has 1 amide bonds. The van der Waals surface area contributed by atoms with E-state index in [0.29, 0.717) is 5.69 Å². The maximum Gasteiger partial charge on any atom is 0.224 e. The molecule has 0 atom stereocenters. The molecule has 6 nitrogen and oxygen atoms in total. The van der Waals surface area contributed by atoms with Gasteiger partial charge >= 0.3 is 0 Å². The molecule has 0 unspecified atom stereocenters. The van der Waals surface area contributed by atoms with Gasteiger partial charge in [0, 0.05) is 44.5 Å². The van der Waals surface area contributed by atoms with E-state index in [1.54, 1.807) is 6.92 Å². The van der Waals surface area contributed by atoms with E-state index < -0.39 is 5.82 Å². The number of amides is 1. The Morgan fingerprint density at radius 1 is 1.21 bits per heavy atom. The van der Waals surface area contributed by atoms with Crippen molar-refractivity contribution in [2.24, 2.45) is 0 Å². The van der Waals surface area contributed by atoms with Gasteiger partial charge in [-0.15, -0.1) is 0 Å². The summed E-state index contributed by atoms with van der Waals surface area (Å²) in [6.07, 6.45) is 1.03. The van der Waals surface area contributed by atoms with Crippen LogP contribution in [0.5, 0.6) is 0 Å². The number of carbonyl (C=O) groups excluding carboxylic acids is 1. The van der Waals surface area contributed by atoms with E-state index in [-0.39, 0.29) is 17.0 Å². The first kappa shape index (κ1) is 16.4. The van der Waals surface area contributed by atoms with Crippen molar-refractivity contribution in [1.29, 1.82) is 0 Å². The second kappa shape index (κ2) is 7.00. The highest BCUT2D eigenvalue weighted by atomic mass is 35.5. The first-order valence-electron chi connectivity index (χ1n) is 7.58. The van der Waals surface area contributed by atoms with Gasteiger partial charge in [-0.3, -0.25) is 4.79 Å². The van der Waals surface area contributed by atoms with E-state index in [2.05, 4.69) is 20.2 Å². The topological polar surface area (TPSA) is 61.4 Å². The second-order valence-electron chi connectivity index (χ2n) is 5.50. The Morgan fingerprint density at radius 3 is 2.50 bits per heavy atom. The Morgan fingerprint density at radius 2 is 1.88 bits per heavy atom. The van der Waals surface area contributed by atoms with Gasteiger partial charge in [0.2, 0.25) is 11.2 Å². The van der Waals surface area contributed by atoms with E-state index in [9.17, 15) is 9.18 Å². The van der Waals surface area contributed by atoms with Crippen LogP contribution in [-0.2, 0) is 4.79 Å². The maximum atomic E-state index is 13.6. The van der Waals surface area contributed by atoms with E-state index >= 15 is 0 Å². The summed E-state index contributed by atoms with van der Waals surface area (Å²) in [6, 6.07) is 7.60. The maximum absolute atomic E-state index is 13.6.